The smallest absolute Gasteiger partial charge is 0.309 e. The Kier molecular flexibility index (Phi) is 31.1. The van der Waals surface area contributed by atoms with Crippen LogP contribution in [0.15, 0.2) is 12.2 Å². The molecule has 1 atom stereocenters. The number of carboxylic acids is 1. The summed E-state index contributed by atoms with van der Waals surface area (Å²) in [7, 11) is 0. The quantitative estimate of drug-likeness (QED) is 0.0501. The Balaban J connectivity index is 3.32. The van der Waals surface area contributed by atoms with Gasteiger partial charge in [-0.2, -0.15) is 0 Å². The van der Waals surface area contributed by atoms with Gasteiger partial charge in [0, 0.05) is 0 Å². The predicted molar refractivity (Wildman–Crippen MR) is 172 cm³/mol. The number of ether oxygens (including phenoxy) is 1. The minimum absolute atomic E-state index is 0.111. The summed E-state index contributed by atoms with van der Waals surface area (Å²) in [6.45, 7) is 4.61. The SMILES string of the molecule is CCCCCCC/C=C/CCCCCCCCCCCCCCCCCCCCC(CC(=O)O)C(=O)OCCC. The Hall–Kier alpha value is -1.32. The van der Waals surface area contributed by atoms with E-state index in [-0.39, 0.29) is 12.4 Å². The molecule has 0 aromatic carbocycles. The van der Waals surface area contributed by atoms with Crippen LogP contribution in [0.4, 0.5) is 0 Å². The second-order valence-corrected chi connectivity index (χ2v) is 12.1. The molecule has 1 N–H and O–H groups in total. The number of carbonyl (C=O) groups is 2. The van der Waals surface area contributed by atoms with Crippen molar-refractivity contribution in [2.45, 2.75) is 194 Å². The first-order valence-electron chi connectivity index (χ1n) is 17.6. The lowest BCUT2D eigenvalue weighted by Crippen LogP contribution is -2.21. The first kappa shape index (κ1) is 38.7. The highest BCUT2D eigenvalue weighted by Crippen LogP contribution is 2.18. The van der Waals surface area contributed by atoms with Crippen LogP contribution in [-0.4, -0.2) is 23.7 Å². The average Bonchev–Trinajstić information content (AvgIpc) is 2.94. The molecule has 0 saturated carbocycles. The molecule has 0 rings (SSSR count). The lowest BCUT2D eigenvalue weighted by molar-refractivity contribution is -0.153. The maximum atomic E-state index is 12.0. The second kappa shape index (κ2) is 32.2. The van der Waals surface area contributed by atoms with Crippen LogP contribution in [0, 0.1) is 5.92 Å². The van der Waals surface area contributed by atoms with Gasteiger partial charge in [-0.3, -0.25) is 9.59 Å². The molecule has 0 amide bonds. The van der Waals surface area contributed by atoms with Crippen molar-refractivity contribution in [1.82, 2.24) is 0 Å². The molecule has 40 heavy (non-hydrogen) atoms. The molecule has 0 radical (unpaired) electrons. The zero-order valence-electron chi connectivity index (χ0n) is 26.9. The van der Waals surface area contributed by atoms with Crippen molar-refractivity contribution in [2.75, 3.05) is 6.61 Å². The maximum Gasteiger partial charge on any atom is 0.309 e. The molecule has 0 saturated heterocycles. The van der Waals surface area contributed by atoms with E-state index in [1.165, 1.54) is 148 Å². The highest BCUT2D eigenvalue weighted by Gasteiger charge is 2.22. The van der Waals surface area contributed by atoms with Crippen LogP contribution in [0.1, 0.15) is 194 Å². The molecule has 0 aliphatic heterocycles. The minimum atomic E-state index is -0.915. The number of esters is 1. The third-order valence-electron chi connectivity index (χ3n) is 8.02. The first-order chi connectivity index (χ1) is 19.6. The van der Waals surface area contributed by atoms with Crippen molar-refractivity contribution in [3.8, 4) is 0 Å². The number of unbranched alkanes of at least 4 members (excludes halogenated alkanes) is 23. The number of aliphatic carboxylic acids is 1. The summed E-state index contributed by atoms with van der Waals surface area (Å²) in [5.74, 6) is -1.74. The van der Waals surface area contributed by atoms with E-state index in [4.69, 9.17) is 9.84 Å². The Labute approximate surface area is 249 Å². The Bertz CT molecular complexity index is 571. The summed E-state index contributed by atoms with van der Waals surface area (Å²) < 4.78 is 5.16. The standard InChI is InChI=1S/C36H68O4/c1-3-5-6-7-8-9-10-11-12-13-14-15-16-17-18-19-20-21-22-23-24-25-26-27-28-29-30-31-34(33-35(37)38)36(39)40-32-4-2/h10-11,34H,3-9,12-33H2,1-2H3,(H,37,38)/b11-10+. The number of carboxylic acid groups (broad SMARTS) is 1. The van der Waals surface area contributed by atoms with Gasteiger partial charge in [-0.05, 0) is 38.5 Å². The number of carbonyl (C=O) groups excluding carboxylic acids is 1. The highest BCUT2D eigenvalue weighted by molar-refractivity contribution is 5.79. The summed E-state index contributed by atoms with van der Waals surface area (Å²) in [6.07, 6.45) is 39.5. The molecule has 0 aliphatic rings. The first-order valence-corrected chi connectivity index (χ1v) is 17.6. The summed E-state index contributed by atoms with van der Waals surface area (Å²) in [6, 6.07) is 0. The van der Waals surface area contributed by atoms with Gasteiger partial charge in [-0.1, -0.05) is 161 Å². The number of hydrogen-bond acceptors (Lipinski definition) is 3. The Morgan fingerprint density at radius 2 is 0.925 bits per heavy atom. The van der Waals surface area contributed by atoms with Gasteiger partial charge < -0.3 is 9.84 Å². The molecule has 0 aromatic rings. The van der Waals surface area contributed by atoms with Gasteiger partial charge in [-0.15, -0.1) is 0 Å². The lowest BCUT2D eigenvalue weighted by Gasteiger charge is -2.13. The molecule has 0 heterocycles. The van der Waals surface area contributed by atoms with Crippen LogP contribution in [0.25, 0.3) is 0 Å². The van der Waals surface area contributed by atoms with Crippen molar-refractivity contribution in [2.24, 2.45) is 5.92 Å². The van der Waals surface area contributed by atoms with Crippen molar-refractivity contribution < 1.29 is 19.4 Å². The van der Waals surface area contributed by atoms with E-state index in [9.17, 15) is 9.59 Å². The van der Waals surface area contributed by atoms with E-state index in [1.807, 2.05) is 6.92 Å². The molecule has 0 spiro atoms. The van der Waals surface area contributed by atoms with Crippen LogP contribution in [0.3, 0.4) is 0 Å². The van der Waals surface area contributed by atoms with Gasteiger partial charge in [0.05, 0.1) is 18.9 Å². The summed E-state index contributed by atoms with van der Waals surface area (Å²) in [5, 5.41) is 9.05. The van der Waals surface area contributed by atoms with E-state index >= 15 is 0 Å². The van der Waals surface area contributed by atoms with Crippen LogP contribution in [-0.2, 0) is 14.3 Å². The van der Waals surface area contributed by atoms with E-state index in [0.29, 0.717) is 13.0 Å². The summed E-state index contributed by atoms with van der Waals surface area (Å²) >= 11 is 0. The van der Waals surface area contributed by atoms with Gasteiger partial charge in [0.25, 0.3) is 0 Å². The van der Waals surface area contributed by atoms with E-state index in [1.54, 1.807) is 0 Å². The molecular formula is C36H68O4. The topological polar surface area (TPSA) is 63.6 Å². The fourth-order valence-electron chi connectivity index (χ4n) is 5.42. The summed E-state index contributed by atoms with van der Waals surface area (Å²) in [5.41, 5.74) is 0. The number of allylic oxidation sites excluding steroid dienone is 2. The summed E-state index contributed by atoms with van der Waals surface area (Å²) in [4.78, 5) is 23.1. The molecule has 0 aliphatic carbocycles. The lowest BCUT2D eigenvalue weighted by atomic mass is 9.97. The predicted octanol–water partition coefficient (Wildman–Crippen LogP) is 11.7. The highest BCUT2D eigenvalue weighted by atomic mass is 16.5. The molecule has 0 aromatic heterocycles. The van der Waals surface area contributed by atoms with Crippen molar-refractivity contribution in [3.63, 3.8) is 0 Å². The fourth-order valence-corrected chi connectivity index (χ4v) is 5.42. The zero-order chi connectivity index (χ0) is 29.4. The van der Waals surface area contributed by atoms with E-state index in [2.05, 4.69) is 19.1 Å². The number of hydrogen-bond donors (Lipinski definition) is 1. The van der Waals surface area contributed by atoms with Gasteiger partial charge in [0.2, 0.25) is 0 Å². The normalized spacial score (nSPS) is 12.2. The van der Waals surface area contributed by atoms with E-state index < -0.39 is 11.9 Å². The minimum Gasteiger partial charge on any atom is -0.481 e. The third-order valence-corrected chi connectivity index (χ3v) is 8.02. The van der Waals surface area contributed by atoms with Crippen LogP contribution >= 0.6 is 0 Å². The Morgan fingerprint density at radius 1 is 0.550 bits per heavy atom. The van der Waals surface area contributed by atoms with Gasteiger partial charge in [-0.25, -0.2) is 0 Å². The Morgan fingerprint density at radius 3 is 1.30 bits per heavy atom. The van der Waals surface area contributed by atoms with Crippen LogP contribution in [0.2, 0.25) is 0 Å². The largest absolute Gasteiger partial charge is 0.481 e. The molecule has 236 valence electrons. The molecule has 0 fully saturated rings. The maximum absolute atomic E-state index is 12.0. The van der Waals surface area contributed by atoms with Crippen LogP contribution < -0.4 is 0 Å². The van der Waals surface area contributed by atoms with Crippen LogP contribution in [0.5, 0.6) is 0 Å². The van der Waals surface area contributed by atoms with Gasteiger partial charge in [0.1, 0.15) is 0 Å². The third kappa shape index (κ3) is 29.7. The average molecular weight is 565 g/mol. The molecule has 0 bridgehead atoms. The second-order valence-electron chi connectivity index (χ2n) is 12.1. The number of rotatable bonds is 32. The fraction of sp³-hybridized carbons (Fsp3) is 0.889. The molecule has 1 unspecified atom stereocenters. The van der Waals surface area contributed by atoms with Crippen molar-refractivity contribution >= 4 is 11.9 Å². The zero-order valence-corrected chi connectivity index (χ0v) is 26.9. The molecule has 4 heteroatoms. The van der Waals surface area contributed by atoms with Crippen molar-refractivity contribution in [1.29, 1.82) is 0 Å². The molecule has 4 nitrogen and oxygen atoms in total. The van der Waals surface area contributed by atoms with Gasteiger partial charge in [0.15, 0.2) is 0 Å². The monoisotopic (exact) mass is 565 g/mol. The van der Waals surface area contributed by atoms with Crippen molar-refractivity contribution in [3.05, 3.63) is 12.2 Å². The van der Waals surface area contributed by atoms with Gasteiger partial charge >= 0.3 is 11.9 Å². The molecular weight excluding hydrogens is 496 g/mol. The van der Waals surface area contributed by atoms with E-state index in [0.717, 1.165) is 19.3 Å².